The third-order valence-electron chi connectivity index (χ3n) is 4.63. The van der Waals surface area contributed by atoms with Crippen LogP contribution in [0.2, 0.25) is 5.02 Å². The lowest BCUT2D eigenvalue weighted by Gasteiger charge is -2.17. The van der Waals surface area contributed by atoms with Crippen LogP contribution in [0.1, 0.15) is 33.4 Å². The number of hydrogen-bond acceptors (Lipinski definition) is 4. The number of carbonyl (C=O) groups is 1. The number of aryl methyl sites for hydroxylation is 2. The number of primary amides is 1. The van der Waals surface area contributed by atoms with E-state index in [0.29, 0.717) is 33.2 Å². The molecular formula is C19H19ClF2N4O2. The van der Waals surface area contributed by atoms with Crippen molar-refractivity contribution in [3.8, 4) is 11.3 Å². The molecule has 0 saturated carbocycles. The van der Waals surface area contributed by atoms with Crippen LogP contribution in [0.4, 0.5) is 8.78 Å². The second-order valence-electron chi connectivity index (χ2n) is 6.49. The van der Waals surface area contributed by atoms with E-state index in [2.05, 4.69) is 5.10 Å². The summed E-state index contributed by atoms with van der Waals surface area (Å²) >= 11 is 6.29. The van der Waals surface area contributed by atoms with Gasteiger partial charge in [-0.25, -0.2) is 8.78 Å². The maximum atomic E-state index is 13.6. The van der Waals surface area contributed by atoms with Gasteiger partial charge < -0.3 is 15.9 Å². The van der Waals surface area contributed by atoms with E-state index in [1.807, 2.05) is 0 Å². The summed E-state index contributed by atoms with van der Waals surface area (Å²) in [5.41, 5.74) is 13.6. The molecule has 6 nitrogen and oxygen atoms in total. The largest absolute Gasteiger partial charge is 0.455 e. The van der Waals surface area contributed by atoms with Gasteiger partial charge in [-0.3, -0.25) is 9.48 Å². The van der Waals surface area contributed by atoms with Crippen LogP contribution in [-0.4, -0.2) is 22.2 Å². The van der Waals surface area contributed by atoms with Crippen LogP contribution >= 0.6 is 11.6 Å². The average molecular weight is 409 g/mol. The van der Waals surface area contributed by atoms with E-state index in [1.165, 1.54) is 12.3 Å². The lowest BCUT2D eigenvalue weighted by atomic mass is 9.87. The Hall–Kier alpha value is -2.71. The standard InChI is InChI=1S/C19H19ClF2N4O2/c1-9-15(17-12(20)8-25-26(17)2)16(18(28-9)19(24)27)11(7-23)5-10-3-4-13(21)14(22)6-10/h3-4,6,8,11H,5,7,23H2,1-2H3,(H2,24,27)/t11-/m1/s1. The summed E-state index contributed by atoms with van der Waals surface area (Å²) in [6.45, 7) is 1.79. The van der Waals surface area contributed by atoms with Gasteiger partial charge in [-0.2, -0.15) is 5.10 Å². The number of amides is 1. The Morgan fingerprint density at radius 2 is 2.07 bits per heavy atom. The number of carbonyl (C=O) groups excluding carboxylic acids is 1. The maximum Gasteiger partial charge on any atom is 0.284 e. The lowest BCUT2D eigenvalue weighted by molar-refractivity contribution is 0.0970. The van der Waals surface area contributed by atoms with Crippen molar-refractivity contribution in [2.45, 2.75) is 19.3 Å². The van der Waals surface area contributed by atoms with Crippen molar-refractivity contribution in [1.82, 2.24) is 9.78 Å². The van der Waals surface area contributed by atoms with Crippen LogP contribution in [0.3, 0.4) is 0 Å². The first kappa shape index (κ1) is 20.0. The lowest BCUT2D eigenvalue weighted by Crippen LogP contribution is -2.20. The third kappa shape index (κ3) is 3.53. The van der Waals surface area contributed by atoms with E-state index < -0.39 is 23.5 Å². The number of nitrogens with two attached hydrogens (primary N) is 2. The van der Waals surface area contributed by atoms with E-state index in [4.69, 9.17) is 27.5 Å². The van der Waals surface area contributed by atoms with Crippen molar-refractivity contribution in [2.75, 3.05) is 6.54 Å². The summed E-state index contributed by atoms with van der Waals surface area (Å²) in [4.78, 5) is 12.0. The summed E-state index contributed by atoms with van der Waals surface area (Å²) in [6.07, 6.45) is 1.72. The highest BCUT2D eigenvalue weighted by atomic mass is 35.5. The first-order chi connectivity index (χ1) is 13.2. The molecule has 1 amide bonds. The number of halogens is 3. The molecule has 9 heteroatoms. The van der Waals surface area contributed by atoms with Crippen LogP contribution in [0.15, 0.2) is 28.8 Å². The summed E-state index contributed by atoms with van der Waals surface area (Å²) in [5, 5.41) is 4.49. The van der Waals surface area contributed by atoms with Crippen LogP contribution < -0.4 is 11.5 Å². The van der Waals surface area contributed by atoms with E-state index in [0.717, 1.165) is 12.1 Å². The van der Waals surface area contributed by atoms with Crippen molar-refractivity contribution in [1.29, 1.82) is 0 Å². The number of furan rings is 1. The van der Waals surface area contributed by atoms with Gasteiger partial charge in [-0.1, -0.05) is 17.7 Å². The Morgan fingerprint density at radius 3 is 2.61 bits per heavy atom. The molecule has 1 atom stereocenters. The fourth-order valence-electron chi connectivity index (χ4n) is 3.38. The minimum Gasteiger partial charge on any atom is -0.455 e. The molecule has 0 fully saturated rings. The number of benzene rings is 1. The first-order valence-electron chi connectivity index (χ1n) is 8.49. The molecule has 0 unspecified atom stereocenters. The van der Waals surface area contributed by atoms with Crippen molar-refractivity contribution < 1.29 is 18.0 Å². The Labute approximate surface area is 165 Å². The van der Waals surface area contributed by atoms with Gasteiger partial charge in [0.1, 0.15) is 5.76 Å². The highest BCUT2D eigenvalue weighted by Crippen LogP contribution is 2.40. The van der Waals surface area contributed by atoms with E-state index >= 15 is 0 Å². The van der Waals surface area contributed by atoms with E-state index in [9.17, 15) is 13.6 Å². The molecule has 4 N–H and O–H groups in total. The number of nitrogens with zero attached hydrogens (tertiary/aromatic N) is 2. The second-order valence-corrected chi connectivity index (χ2v) is 6.90. The average Bonchev–Trinajstić information content (AvgIpc) is 3.15. The number of rotatable bonds is 6. The molecule has 2 heterocycles. The molecule has 0 aliphatic rings. The van der Waals surface area contributed by atoms with Gasteiger partial charge in [-0.05, 0) is 37.6 Å². The van der Waals surface area contributed by atoms with Gasteiger partial charge in [0.25, 0.3) is 5.91 Å². The molecule has 0 aliphatic carbocycles. The molecule has 0 aliphatic heterocycles. The molecule has 0 spiro atoms. The Balaban J connectivity index is 2.17. The fourth-order valence-corrected chi connectivity index (χ4v) is 3.64. The van der Waals surface area contributed by atoms with Gasteiger partial charge in [0.2, 0.25) is 0 Å². The normalized spacial score (nSPS) is 12.4. The van der Waals surface area contributed by atoms with Crippen molar-refractivity contribution in [2.24, 2.45) is 18.5 Å². The maximum absolute atomic E-state index is 13.6. The van der Waals surface area contributed by atoms with Gasteiger partial charge in [0, 0.05) is 24.1 Å². The molecule has 0 radical (unpaired) electrons. The molecule has 3 aromatic rings. The summed E-state index contributed by atoms with van der Waals surface area (Å²) in [5.74, 6) is -2.72. The van der Waals surface area contributed by atoms with Crippen LogP contribution in [-0.2, 0) is 13.5 Å². The van der Waals surface area contributed by atoms with Gasteiger partial charge >= 0.3 is 0 Å². The predicted molar refractivity (Wildman–Crippen MR) is 101 cm³/mol. The van der Waals surface area contributed by atoms with Gasteiger partial charge in [-0.15, -0.1) is 0 Å². The monoisotopic (exact) mass is 408 g/mol. The molecule has 0 bridgehead atoms. The Morgan fingerprint density at radius 1 is 1.36 bits per heavy atom. The molecule has 0 saturated heterocycles. The minimum absolute atomic E-state index is 0.0391. The van der Waals surface area contributed by atoms with Crippen molar-refractivity contribution in [3.63, 3.8) is 0 Å². The highest BCUT2D eigenvalue weighted by molar-refractivity contribution is 6.33. The second kappa shape index (κ2) is 7.73. The van der Waals surface area contributed by atoms with Crippen LogP contribution in [0.5, 0.6) is 0 Å². The fraction of sp³-hybridized carbons (Fsp3) is 0.263. The Bertz CT molecular complexity index is 1030. The Kier molecular flexibility index (Phi) is 5.53. The topological polar surface area (TPSA) is 100 Å². The van der Waals surface area contributed by atoms with Crippen LogP contribution in [0.25, 0.3) is 11.3 Å². The van der Waals surface area contributed by atoms with Crippen LogP contribution in [0, 0.1) is 18.6 Å². The van der Waals surface area contributed by atoms with Gasteiger partial charge in [0.05, 0.1) is 16.9 Å². The SMILES string of the molecule is Cc1oc(C(N)=O)c([C@@H](CN)Cc2ccc(F)c(F)c2)c1-c1c(Cl)cnn1C. The molecule has 1 aromatic carbocycles. The molecule has 148 valence electrons. The number of hydrogen-bond donors (Lipinski definition) is 2. The first-order valence-corrected chi connectivity index (χ1v) is 8.87. The molecule has 3 rings (SSSR count). The zero-order valence-corrected chi connectivity index (χ0v) is 16.1. The molecule has 2 aromatic heterocycles. The van der Waals surface area contributed by atoms with Crippen molar-refractivity contribution >= 4 is 17.5 Å². The zero-order chi connectivity index (χ0) is 20.6. The predicted octanol–water partition coefficient (Wildman–Crippen LogP) is 3.30. The number of aromatic nitrogens is 2. The summed E-state index contributed by atoms with van der Waals surface area (Å²) < 4.78 is 34.1. The zero-order valence-electron chi connectivity index (χ0n) is 15.3. The minimum atomic E-state index is -0.957. The summed E-state index contributed by atoms with van der Waals surface area (Å²) in [7, 11) is 1.70. The quantitative estimate of drug-likeness (QED) is 0.653. The third-order valence-corrected chi connectivity index (χ3v) is 4.91. The van der Waals surface area contributed by atoms with E-state index in [1.54, 1.807) is 18.7 Å². The smallest absolute Gasteiger partial charge is 0.284 e. The van der Waals surface area contributed by atoms with E-state index in [-0.39, 0.29) is 18.7 Å². The molecular weight excluding hydrogens is 390 g/mol. The molecule has 28 heavy (non-hydrogen) atoms. The highest BCUT2D eigenvalue weighted by Gasteiger charge is 2.31. The van der Waals surface area contributed by atoms with Gasteiger partial charge in [0.15, 0.2) is 17.4 Å². The van der Waals surface area contributed by atoms with Crippen molar-refractivity contribution in [3.05, 3.63) is 63.7 Å². The summed E-state index contributed by atoms with van der Waals surface area (Å²) in [6, 6.07) is 3.62.